The molecule has 0 spiro atoms. The fourth-order valence-electron chi connectivity index (χ4n) is 3.93. The fourth-order valence-corrected chi connectivity index (χ4v) is 3.93. The number of alkyl halides is 2. The van der Waals surface area contributed by atoms with E-state index in [1.807, 2.05) is 20.8 Å². The maximum atomic E-state index is 14.3. The van der Waals surface area contributed by atoms with E-state index in [1.54, 1.807) is 0 Å². The van der Waals surface area contributed by atoms with Gasteiger partial charge in [0.25, 0.3) is 5.91 Å². The van der Waals surface area contributed by atoms with Crippen LogP contribution in [-0.2, 0) is 4.74 Å². The van der Waals surface area contributed by atoms with Crippen LogP contribution in [0, 0.1) is 23.0 Å². The summed E-state index contributed by atoms with van der Waals surface area (Å²) in [5, 5.41) is 2.31. The predicted octanol–water partition coefficient (Wildman–Crippen LogP) is 6.83. The summed E-state index contributed by atoms with van der Waals surface area (Å²) in [6.45, 7) is 2.74. The number of amides is 2. The average Bonchev–Trinajstić information content (AvgIpc) is 3.58. The number of benzene rings is 2. The fraction of sp³-hybridized carbons (Fsp3) is 0.393. The number of primary amides is 1. The van der Waals surface area contributed by atoms with Gasteiger partial charge in [0, 0.05) is 11.6 Å². The molecule has 0 bridgehead atoms. The Balaban J connectivity index is 1.77. The summed E-state index contributed by atoms with van der Waals surface area (Å²) in [5.41, 5.74) is 4.35. The van der Waals surface area contributed by atoms with Gasteiger partial charge in [-0.25, -0.2) is 18.6 Å². The van der Waals surface area contributed by atoms with Crippen molar-refractivity contribution in [2.45, 2.75) is 52.7 Å². The van der Waals surface area contributed by atoms with Crippen LogP contribution in [-0.4, -0.2) is 30.2 Å². The third-order valence-electron chi connectivity index (χ3n) is 5.97. The van der Waals surface area contributed by atoms with Gasteiger partial charge in [0.15, 0.2) is 29.1 Å². The number of hydrogen-bond acceptors (Lipinski definition) is 7. The second kappa shape index (κ2) is 12.1. The highest BCUT2D eigenvalue weighted by atomic mass is 19.3. The van der Waals surface area contributed by atoms with Gasteiger partial charge < -0.3 is 29.7 Å². The molecule has 3 aromatic rings. The van der Waals surface area contributed by atoms with Crippen LogP contribution >= 0.6 is 0 Å². The molecule has 13 heteroatoms. The topological polar surface area (TPSA) is 126 Å². The molecule has 220 valence electrons. The summed E-state index contributed by atoms with van der Waals surface area (Å²) in [7, 11) is 0. The first kappa shape index (κ1) is 29.7. The molecular weight excluding hydrogens is 550 g/mol. The zero-order valence-corrected chi connectivity index (χ0v) is 22.5. The lowest BCUT2D eigenvalue weighted by Gasteiger charge is -2.24. The molecule has 1 heterocycles. The van der Waals surface area contributed by atoms with Crippen LogP contribution in [0.25, 0.3) is 11.5 Å². The molecule has 1 aliphatic rings. The molecule has 1 fully saturated rings. The van der Waals surface area contributed by atoms with E-state index in [9.17, 15) is 27.2 Å². The average molecular weight is 580 g/mol. The Hall–Kier alpha value is -4.29. The minimum Gasteiger partial charge on any atom is -0.489 e. The molecule has 1 aliphatic carbocycles. The summed E-state index contributed by atoms with van der Waals surface area (Å²) in [5.74, 6) is -3.07. The number of carbonyl (C=O) groups is 2. The lowest BCUT2D eigenvalue weighted by atomic mass is 9.88. The summed E-state index contributed by atoms with van der Waals surface area (Å²) < 4.78 is 75.1. The lowest BCUT2D eigenvalue weighted by molar-refractivity contribution is -0.0515. The standard InChI is InChI=1S/C28H29F4N3O6/c1-28(2,3)12-21(40-27(33)37)23-22(24(36)34-18-8-7-16(29)11-17(18)30)35-25(41-23)15-6-9-19(39-26(31)32)20(10-15)38-13-14-4-5-14/h6-11,14,21,26H,4-5,12-13H2,1-3H3,(H2,33,37)(H,34,36)/t21-/m0/s1. The molecule has 0 unspecified atom stereocenters. The van der Waals surface area contributed by atoms with E-state index in [4.69, 9.17) is 19.6 Å². The van der Waals surface area contributed by atoms with Gasteiger partial charge in [-0.1, -0.05) is 20.8 Å². The van der Waals surface area contributed by atoms with Crippen molar-refractivity contribution >= 4 is 17.7 Å². The molecule has 0 aliphatic heterocycles. The SMILES string of the molecule is CC(C)(C)C[C@H](OC(N)=O)c1oc(-c2ccc(OC(F)F)c(OCC3CC3)c2)nc1C(=O)Nc1ccc(F)cc1F. The van der Waals surface area contributed by atoms with Crippen LogP contribution in [0.3, 0.4) is 0 Å². The van der Waals surface area contributed by atoms with Crippen molar-refractivity contribution in [2.24, 2.45) is 17.1 Å². The number of oxazole rings is 1. The molecule has 41 heavy (non-hydrogen) atoms. The zero-order valence-electron chi connectivity index (χ0n) is 22.5. The summed E-state index contributed by atoms with van der Waals surface area (Å²) in [6.07, 6.45) is -0.268. The van der Waals surface area contributed by atoms with E-state index in [-0.39, 0.29) is 53.1 Å². The Bertz CT molecular complexity index is 1420. The van der Waals surface area contributed by atoms with Crippen LogP contribution < -0.4 is 20.5 Å². The van der Waals surface area contributed by atoms with Crippen LogP contribution in [0.15, 0.2) is 40.8 Å². The van der Waals surface area contributed by atoms with Gasteiger partial charge in [-0.3, -0.25) is 4.79 Å². The van der Waals surface area contributed by atoms with Crippen molar-refractivity contribution in [1.82, 2.24) is 4.98 Å². The predicted molar refractivity (Wildman–Crippen MR) is 139 cm³/mol. The highest BCUT2D eigenvalue weighted by Crippen LogP contribution is 2.39. The van der Waals surface area contributed by atoms with Gasteiger partial charge in [-0.05, 0) is 60.9 Å². The third-order valence-corrected chi connectivity index (χ3v) is 5.97. The lowest BCUT2D eigenvalue weighted by Crippen LogP contribution is -2.24. The molecule has 1 aromatic heterocycles. The molecule has 0 saturated heterocycles. The van der Waals surface area contributed by atoms with Crippen LogP contribution in [0.2, 0.25) is 0 Å². The highest BCUT2D eigenvalue weighted by molar-refractivity contribution is 6.04. The zero-order chi connectivity index (χ0) is 29.9. The number of ether oxygens (including phenoxy) is 3. The van der Waals surface area contributed by atoms with Crippen LogP contribution in [0.5, 0.6) is 11.5 Å². The molecule has 1 saturated carbocycles. The molecule has 3 N–H and O–H groups in total. The van der Waals surface area contributed by atoms with E-state index >= 15 is 0 Å². The third kappa shape index (κ3) is 8.12. The second-order valence-electron chi connectivity index (χ2n) is 10.8. The summed E-state index contributed by atoms with van der Waals surface area (Å²) in [6, 6.07) is 6.56. The van der Waals surface area contributed by atoms with E-state index in [0.29, 0.717) is 12.0 Å². The number of nitrogens with zero attached hydrogens (tertiary/aromatic N) is 1. The van der Waals surface area contributed by atoms with Gasteiger partial charge in [-0.2, -0.15) is 8.78 Å². The van der Waals surface area contributed by atoms with Crippen LogP contribution in [0.4, 0.5) is 28.0 Å². The van der Waals surface area contributed by atoms with Crippen molar-refractivity contribution in [2.75, 3.05) is 11.9 Å². The van der Waals surface area contributed by atoms with Gasteiger partial charge in [0.1, 0.15) is 11.6 Å². The minimum atomic E-state index is -3.09. The molecule has 2 aromatic carbocycles. The summed E-state index contributed by atoms with van der Waals surface area (Å²) >= 11 is 0. The number of hydrogen-bond donors (Lipinski definition) is 2. The Morgan fingerprint density at radius 3 is 2.46 bits per heavy atom. The Labute approximate surface area is 233 Å². The highest BCUT2D eigenvalue weighted by Gasteiger charge is 2.33. The van der Waals surface area contributed by atoms with Crippen molar-refractivity contribution in [3.05, 3.63) is 59.5 Å². The van der Waals surface area contributed by atoms with Crippen molar-refractivity contribution in [3.63, 3.8) is 0 Å². The maximum Gasteiger partial charge on any atom is 0.405 e. The second-order valence-corrected chi connectivity index (χ2v) is 10.8. The van der Waals surface area contributed by atoms with Gasteiger partial charge >= 0.3 is 12.7 Å². The quantitative estimate of drug-likeness (QED) is 0.238. The minimum absolute atomic E-state index is 0.00784. The molecule has 2 amide bonds. The van der Waals surface area contributed by atoms with Gasteiger partial charge in [-0.15, -0.1) is 0 Å². The van der Waals surface area contributed by atoms with E-state index in [2.05, 4.69) is 15.0 Å². The Morgan fingerprint density at radius 2 is 1.85 bits per heavy atom. The van der Waals surface area contributed by atoms with E-state index in [1.165, 1.54) is 18.2 Å². The number of carbonyl (C=O) groups excluding carboxylic acids is 2. The van der Waals surface area contributed by atoms with Crippen molar-refractivity contribution in [3.8, 4) is 23.0 Å². The first-order chi connectivity index (χ1) is 19.3. The molecule has 1 atom stereocenters. The first-order valence-electron chi connectivity index (χ1n) is 12.7. The Morgan fingerprint density at radius 1 is 1.12 bits per heavy atom. The first-order valence-corrected chi connectivity index (χ1v) is 12.7. The normalized spacial score (nSPS) is 14.0. The van der Waals surface area contributed by atoms with Crippen molar-refractivity contribution < 1.29 is 45.8 Å². The number of halogens is 4. The number of nitrogens with two attached hydrogens (primary N) is 1. The van der Waals surface area contributed by atoms with E-state index in [0.717, 1.165) is 25.0 Å². The van der Waals surface area contributed by atoms with Gasteiger partial charge in [0.2, 0.25) is 5.89 Å². The molecule has 0 radical (unpaired) electrons. The van der Waals surface area contributed by atoms with Gasteiger partial charge in [0.05, 0.1) is 12.3 Å². The maximum absolute atomic E-state index is 14.3. The van der Waals surface area contributed by atoms with Crippen LogP contribution in [0.1, 0.15) is 62.4 Å². The number of nitrogens with one attached hydrogen (secondary N) is 1. The molecule has 4 rings (SSSR count). The smallest absolute Gasteiger partial charge is 0.405 e. The number of aromatic nitrogens is 1. The molecule has 9 nitrogen and oxygen atoms in total. The Kier molecular flexibility index (Phi) is 8.74. The summed E-state index contributed by atoms with van der Waals surface area (Å²) in [4.78, 5) is 29.3. The largest absolute Gasteiger partial charge is 0.489 e. The van der Waals surface area contributed by atoms with E-state index < -0.39 is 41.8 Å². The monoisotopic (exact) mass is 579 g/mol. The number of rotatable bonds is 11. The molecular formula is C28H29F4N3O6. The van der Waals surface area contributed by atoms with Crippen molar-refractivity contribution in [1.29, 1.82) is 0 Å². The number of anilines is 1.